The minimum atomic E-state index is -0.270. The number of rotatable bonds is 4. The summed E-state index contributed by atoms with van der Waals surface area (Å²) in [4.78, 5) is 13.9. The molecule has 104 valence electrons. The van der Waals surface area contributed by atoms with E-state index in [0.29, 0.717) is 11.6 Å². The topological polar surface area (TPSA) is 41.6 Å². The van der Waals surface area contributed by atoms with Crippen molar-refractivity contribution in [1.29, 1.82) is 0 Å². The van der Waals surface area contributed by atoms with Gasteiger partial charge in [-0.1, -0.05) is 12.1 Å². The molecule has 1 aliphatic heterocycles. The summed E-state index contributed by atoms with van der Waals surface area (Å²) in [5, 5.41) is 3.34. The molecule has 1 heterocycles. The number of carbonyl (C=O) groups is 1. The van der Waals surface area contributed by atoms with Crippen LogP contribution in [-0.2, 0) is 11.3 Å². The lowest BCUT2D eigenvalue weighted by Gasteiger charge is -2.32. The van der Waals surface area contributed by atoms with E-state index in [1.165, 1.54) is 25.5 Å². The Morgan fingerprint density at radius 2 is 2.37 bits per heavy atom. The van der Waals surface area contributed by atoms with Crippen LogP contribution in [0.5, 0.6) is 0 Å². The minimum absolute atomic E-state index is 0.270. The first kappa shape index (κ1) is 14.0. The maximum absolute atomic E-state index is 11.5. The Bertz CT molecular complexity index is 434. The standard InChI is InChI=1S/C15H22N2O2/c1-16-14-7-4-8-17(11-14)10-12-5-3-6-13(9-12)15(18)19-2/h3,5-6,9,14,16H,4,7-8,10-11H2,1-2H3. The summed E-state index contributed by atoms with van der Waals surface area (Å²) in [6.45, 7) is 3.09. The number of carbonyl (C=O) groups excluding carboxylic acids is 1. The normalized spacial score (nSPS) is 20.2. The Balaban J connectivity index is 2.00. The van der Waals surface area contributed by atoms with Crippen LogP contribution < -0.4 is 5.32 Å². The zero-order valence-corrected chi connectivity index (χ0v) is 11.7. The van der Waals surface area contributed by atoms with Crippen molar-refractivity contribution in [3.8, 4) is 0 Å². The summed E-state index contributed by atoms with van der Waals surface area (Å²) in [5.74, 6) is -0.270. The second kappa shape index (κ2) is 6.68. The van der Waals surface area contributed by atoms with E-state index in [1.54, 1.807) is 6.07 Å². The van der Waals surface area contributed by atoms with E-state index in [9.17, 15) is 4.79 Å². The first-order chi connectivity index (χ1) is 9.22. The third-order valence-electron chi connectivity index (χ3n) is 3.67. The van der Waals surface area contributed by atoms with Crippen molar-refractivity contribution in [2.75, 3.05) is 27.2 Å². The molecule has 19 heavy (non-hydrogen) atoms. The van der Waals surface area contributed by atoms with Gasteiger partial charge in [0.25, 0.3) is 0 Å². The molecule has 0 amide bonds. The number of methoxy groups -OCH3 is 1. The molecule has 1 aliphatic rings. The van der Waals surface area contributed by atoms with Gasteiger partial charge in [-0.05, 0) is 44.1 Å². The number of piperidine rings is 1. The molecule has 0 bridgehead atoms. The average molecular weight is 262 g/mol. The molecule has 4 heteroatoms. The Morgan fingerprint density at radius 1 is 1.53 bits per heavy atom. The van der Waals surface area contributed by atoms with Gasteiger partial charge in [0.15, 0.2) is 0 Å². The number of likely N-dealkylation sites (N-methyl/N-ethyl adjacent to an activating group) is 1. The highest BCUT2D eigenvalue weighted by molar-refractivity contribution is 5.89. The second-order valence-corrected chi connectivity index (χ2v) is 5.05. The van der Waals surface area contributed by atoms with Crippen molar-refractivity contribution >= 4 is 5.97 Å². The lowest BCUT2D eigenvalue weighted by molar-refractivity contribution is 0.0600. The van der Waals surface area contributed by atoms with Gasteiger partial charge in [-0.3, -0.25) is 4.90 Å². The van der Waals surface area contributed by atoms with Gasteiger partial charge >= 0.3 is 5.97 Å². The molecule has 4 nitrogen and oxygen atoms in total. The monoisotopic (exact) mass is 262 g/mol. The third kappa shape index (κ3) is 3.78. The van der Waals surface area contributed by atoms with Crippen molar-refractivity contribution in [3.05, 3.63) is 35.4 Å². The Hall–Kier alpha value is -1.39. The van der Waals surface area contributed by atoms with Crippen LogP contribution >= 0.6 is 0 Å². The highest BCUT2D eigenvalue weighted by Crippen LogP contribution is 2.15. The molecule has 1 saturated heterocycles. The van der Waals surface area contributed by atoms with E-state index in [4.69, 9.17) is 4.74 Å². The summed E-state index contributed by atoms with van der Waals surface area (Å²) in [6, 6.07) is 8.28. The number of esters is 1. The SMILES string of the molecule is CNC1CCCN(Cc2cccc(C(=O)OC)c2)C1. The number of ether oxygens (including phenoxy) is 1. The predicted molar refractivity (Wildman–Crippen MR) is 75.1 cm³/mol. The van der Waals surface area contributed by atoms with Crippen LogP contribution in [0.1, 0.15) is 28.8 Å². The van der Waals surface area contributed by atoms with Crippen LogP contribution in [0, 0.1) is 0 Å². The highest BCUT2D eigenvalue weighted by Gasteiger charge is 2.18. The van der Waals surface area contributed by atoms with Gasteiger partial charge < -0.3 is 10.1 Å². The van der Waals surface area contributed by atoms with E-state index in [-0.39, 0.29) is 5.97 Å². The molecule has 1 fully saturated rings. The minimum Gasteiger partial charge on any atom is -0.465 e. The fourth-order valence-electron chi connectivity index (χ4n) is 2.61. The van der Waals surface area contributed by atoms with Gasteiger partial charge in [0.1, 0.15) is 0 Å². The van der Waals surface area contributed by atoms with Crippen molar-refractivity contribution in [2.24, 2.45) is 0 Å². The Labute approximate surface area is 114 Å². The summed E-state index contributed by atoms with van der Waals surface area (Å²) in [7, 11) is 3.43. The number of nitrogens with zero attached hydrogens (tertiary/aromatic N) is 1. The van der Waals surface area contributed by atoms with E-state index < -0.39 is 0 Å². The fraction of sp³-hybridized carbons (Fsp3) is 0.533. The van der Waals surface area contributed by atoms with Gasteiger partial charge in [0.05, 0.1) is 12.7 Å². The summed E-state index contributed by atoms with van der Waals surface area (Å²) in [5.41, 5.74) is 1.79. The summed E-state index contributed by atoms with van der Waals surface area (Å²) >= 11 is 0. The molecule has 1 N–H and O–H groups in total. The van der Waals surface area contributed by atoms with E-state index in [1.807, 2.05) is 19.2 Å². The van der Waals surface area contributed by atoms with Gasteiger partial charge in [-0.25, -0.2) is 4.79 Å². The molecule has 0 saturated carbocycles. The number of nitrogens with one attached hydrogen (secondary N) is 1. The first-order valence-electron chi connectivity index (χ1n) is 6.80. The van der Waals surface area contributed by atoms with Crippen molar-refractivity contribution in [1.82, 2.24) is 10.2 Å². The third-order valence-corrected chi connectivity index (χ3v) is 3.67. The van der Waals surface area contributed by atoms with Crippen LogP contribution in [-0.4, -0.2) is 44.2 Å². The molecular formula is C15H22N2O2. The Morgan fingerprint density at radius 3 is 3.11 bits per heavy atom. The maximum atomic E-state index is 11.5. The molecule has 0 aliphatic carbocycles. The number of likely N-dealkylation sites (tertiary alicyclic amines) is 1. The lowest BCUT2D eigenvalue weighted by atomic mass is 10.0. The number of hydrogen-bond donors (Lipinski definition) is 1. The molecule has 2 rings (SSSR count). The zero-order valence-electron chi connectivity index (χ0n) is 11.7. The van der Waals surface area contributed by atoms with E-state index in [2.05, 4.69) is 16.3 Å². The van der Waals surface area contributed by atoms with Crippen molar-refractivity contribution < 1.29 is 9.53 Å². The molecular weight excluding hydrogens is 240 g/mol. The quantitative estimate of drug-likeness (QED) is 0.838. The van der Waals surface area contributed by atoms with Gasteiger partial charge in [-0.15, -0.1) is 0 Å². The van der Waals surface area contributed by atoms with Crippen LogP contribution in [0.15, 0.2) is 24.3 Å². The first-order valence-corrected chi connectivity index (χ1v) is 6.80. The van der Waals surface area contributed by atoms with Gasteiger partial charge in [-0.2, -0.15) is 0 Å². The molecule has 1 aromatic rings. The van der Waals surface area contributed by atoms with Crippen LogP contribution in [0.3, 0.4) is 0 Å². The van der Waals surface area contributed by atoms with E-state index >= 15 is 0 Å². The average Bonchev–Trinajstić information content (AvgIpc) is 2.47. The zero-order chi connectivity index (χ0) is 13.7. The summed E-state index contributed by atoms with van der Waals surface area (Å²) in [6.07, 6.45) is 2.47. The molecule has 0 spiro atoms. The highest BCUT2D eigenvalue weighted by atomic mass is 16.5. The largest absolute Gasteiger partial charge is 0.465 e. The smallest absolute Gasteiger partial charge is 0.337 e. The molecule has 0 aromatic heterocycles. The molecule has 1 atom stereocenters. The summed E-state index contributed by atoms with van der Waals surface area (Å²) < 4.78 is 4.75. The van der Waals surface area contributed by atoms with Gasteiger partial charge in [0.2, 0.25) is 0 Å². The molecule has 0 radical (unpaired) electrons. The maximum Gasteiger partial charge on any atom is 0.337 e. The Kier molecular flexibility index (Phi) is 4.93. The number of benzene rings is 1. The van der Waals surface area contributed by atoms with Crippen LogP contribution in [0.25, 0.3) is 0 Å². The predicted octanol–water partition coefficient (Wildman–Crippen LogP) is 1.66. The number of hydrogen-bond acceptors (Lipinski definition) is 4. The van der Waals surface area contributed by atoms with E-state index in [0.717, 1.165) is 19.6 Å². The van der Waals surface area contributed by atoms with Gasteiger partial charge in [0, 0.05) is 19.1 Å². The second-order valence-electron chi connectivity index (χ2n) is 5.05. The van der Waals surface area contributed by atoms with Crippen LogP contribution in [0.2, 0.25) is 0 Å². The van der Waals surface area contributed by atoms with Crippen molar-refractivity contribution in [2.45, 2.75) is 25.4 Å². The van der Waals surface area contributed by atoms with Crippen LogP contribution in [0.4, 0.5) is 0 Å². The van der Waals surface area contributed by atoms with Crippen molar-refractivity contribution in [3.63, 3.8) is 0 Å². The molecule has 1 aromatic carbocycles. The fourth-order valence-corrected chi connectivity index (χ4v) is 2.61. The molecule has 1 unspecified atom stereocenters. The lowest BCUT2D eigenvalue weighted by Crippen LogP contribution is -2.43.